The fourth-order valence-corrected chi connectivity index (χ4v) is 1.47. The summed E-state index contributed by atoms with van der Waals surface area (Å²) >= 11 is 0. The zero-order valence-corrected chi connectivity index (χ0v) is 11.6. The van der Waals surface area contributed by atoms with Crippen LogP contribution in [0.3, 0.4) is 0 Å². The molecular weight excluding hydrogens is 240 g/mol. The topological polar surface area (TPSA) is 52.5 Å². The average molecular weight is 260 g/mol. The SMILES string of the molecule is C=C(C)C=C(C)O.CN1C=CN(c2cnccn2)C1. The Labute approximate surface area is 114 Å². The molecule has 1 N–H and O–H groups in total. The van der Waals surface area contributed by atoms with E-state index < -0.39 is 0 Å². The molecule has 2 heterocycles. The molecule has 0 aliphatic carbocycles. The Morgan fingerprint density at radius 1 is 1.37 bits per heavy atom. The van der Waals surface area contributed by atoms with E-state index in [4.69, 9.17) is 5.11 Å². The van der Waals surface area contributed by atoms with Crippen LogP contribution in [0, 0.1) is 0 Å². The van der Waals surface area contributed by atoms with Gasteiger partial charge >= 0.3 is 0 Å². The molecule has 102 valence electrons. The van der Waals surface area contributed by atoms with E-state index in [1.165, 1.54) is 0 Å². The van der Waals surface area contributed by atoms with Crippen LogP contribution in [0.1, 0.15) is 13.8 Å². The highest BCUT2D eigenvalue weighted by molar-refractivity contribution is 5.40. The molecule has 2 rings (SSSR count). The van der Waals surface area contributed by atoms with Gasteiger partial charge in [-0.3, -0.25) is 4.98 Å². The van der Waals surface area contributed by atoms with Gasteiger partial charge < -0.3 is 14.9 Å². The van der Waals surface area contributed by atoms with E-state index in [2.05, 4.69) is 21.4 Å². The first-order valence-electron chi connectivity index (χ1n) is 5.93. The second-order valence-corrected chi connectivity index (χ2v) is 4.36. The highest BCUT2D eigenvalue weighted by Gasteiger charge is 2.10. The van der Waals surface area contributed by atoms with E-state index >= 15 is 0 Å². The molecule has 0 spiro atoms. The first kappa shape index (κ1) is 14.8. The normalized spacial score (nSPS) is 14.2. The fourth-order valence-electron chi connectivity index (χ4n) is 1.47. The molecule has 0 amide bonds. The smallest absolute Gasteiger partial charge is 0.152 e. The lowest BCUT2D eigenvalue weighted by Crippen LogP contribution is -2.22. The van der Waals surface area contributed by atoms with Gasteiger partial charge in [0.15, 0.2) is 5.82 Å². The lowest BCUT2D eigenvalue weighted by atomic mass is 10.3. The summed E-state index contributed by atoms with van der Waals surface area (Å²) in [5, 5.41) is 8.52. The number of anilines is 1. The van der Waals surface area contributed by atoms with E-state index in [0.29, 0.717) is 5.76 Å². The van der Waals surface area contributed by atoms with Gasteiger partial charge in [0.2, 0.25) is 0 Å². The predicted molar refractivity (Wildman–Crippen MR) is 77.5 cm³/mol. The Kier molecular flexibility index (Phi) is 5.60. The molecule has 0 saturated heterocycles. The summed E-state index contributed by atoms with van der Waals surface area (Å²) in [4.78, 5) is 12.3. The van der Waals surface area contributed by atoms with Gasteiger partial charge in [-0.1, -0.05) is 12.2 Å². The summed E-state index contributed by atoms with van der Waals surface area (Å²) in [5.74, 6) is 1.20. The molecule has 5 nitrogen and oxygen atoms in total. The van der Waals surface area contributed by atoms with Crippen molar-refractivity contribution < 1.29 is 5.11 Å². The minimum Gasteiger partial charge on any atom is -0.513 e. The number of hydrogen-bond acceptors (Lipinski definition) is 5. The summed E-state index contributed by atoms with van der Waals surface area (Å²) in [6, 6.07) is 0. The van der Waals surface area contributed by atoms with Gasteiger partial charge in [-0.05, 0) is 19.9 Å². The molecule has 1 aliphatic rings. The number of aliphatic hydroxyl groups is 1. The lowest BCUT2D eigenvalue weighted by molar-refractivity contribution is 0.414. The second kappa shape index (κ2) is 7.20. The molecule has 0 radical (unpaired) electrons. The van der Waals surface area contributed by atoms with Gasteiger partial charge in [-0.15, -0.1) is 0 Å². The Bertz CT molecular complexity index is 464. The fraction of sp³-hybridized carbons (Fsp3) is 0.286. The van der Waals surface area contributed by atoms with Crippen molar-refractivity contribution >= 4 is 5.82 Å². The summed E-state index contributed by atoms with van der Waals surface area (Å²) in [7, 11) is 2.02. The third-order valence-corrected chi connectivity index (χ3v) is 2.18. The van der Waals surface area contributed by atoms with Crippen LogP contribution in [-0.4, -0.2) is 33.7 Å². The van der Waals surface area contributed by atoms with Gasteiger partial charge in [0, 0.05) is 31.8 Å². The van der Waals surface area contributed by atoms with E-state index in [0.717, 1.165) is 18.1 Å². The van der Waals surface area contributed by atoms with Gasteiger partial charge in [0.05, 0.1) is 18.6 Å². The minimum atomic E-state index is 0.313. The Morgan fingerprint density at radius 3 is 2.47 bits per heavy atom. The van der Waals surface area contributed by atoms with Crippen molar-refractivity contribution in [2.75, 3.05) is 18.6 Å². The number of aromatic nitrogens is 2. The van der Waals surface area contributed by atoms with Crippen molar-refractivity contribution in [2.24, 2.45) is 0 Å². The second-order valence-electron chi connectivity index (χ2n) is 4.36. The van der Waals surface area contributed by atoms with Gasteiger partial charge in [0.25, 0.3) is 0 Å². The van der Waals surface area contributed by atoms with E-state index in [-0.39, 0.29) is 0 Å². The summed E-state index contributed by atoms with van der Waals surface area (Å²) < 4.78 is 0. The van der Waals surface area contributed by atoms with E-state index in [1.54, 1.807) is 31.6 Å². The van der Waals surface area contributed by atoms with Crippen molar-refractivity contribution in [3.63, 3.8) is 0 Å². The molecule has 1 aliphatic heterocycles. The van der Waals surface area contributed by atoms with Crippen molar-refractivity contribution in [1.29, 1.82) is 0 Å². The molecule has 0 saturated carbocycles. The lowest BCUT2D eigenvalue weighted by Gasteiger charge is -2.15. The van der Waals surface area contributed by atoms with Crippen LogP contribution in [-0.2, 0) is 0 Å². The Morgan fingerprint density at radius 2 is 2.11 bits per heavy atom. The van der Waals surface area contributed by atoms with Gasteiger partial charge in [-0.25, -0.2) is 4.98 Å². The maximum absolute atomic E-state index is 8.52. The number of rotatable bonds is 2. The van der Waals surface area contributed by atoms with E-state index in [1.807, 2.05) is 31.3 Å². The monoisotopic (exact) mass is 260 g/mol. The van der Waals surface area contributed by atoms with Crippen LogP contribution in [0.2, 0.25) is 0 Å². The van der Waals surface area contributed by atoms with E-state index in [9.17, 15) is 0 Å². The zero-order valence-electron chi connectivity index (χ0n) is 11.6. The quantitative estimate of drug-likeness (QED) is 0.654. The standard InChI is InChI=1S/C8H10N4.C6H10O/c1-11-4-5-12(7-11)8-6-9-2-3-10-8;1-5(2)4-6(3)7/h2-6H,7H2,1H3;4,7H,1H2,2-3H3. The predicted octanol–water partition coefficient (Wildman–Crippen LogP) is 2.68. The molecular formula is C14H20N4O. The van der Waals surface area contributed by atoms with Gasteiger partial charge in [-0.2, -0.15) is 0 Å². The van der Waals surface area contributed by atoms with Crippen LogP contribution < -0.4 is 4.90 Å². The molecule has 1 aromatic rings. The van der Waals surface area contributed by atoms with Crippen molar-refractivity contribution in [3.8, 4) is 0 Å². The third kappa shape index (κ3) is 5.72. The van der Waals surface area contributed by atoms with Crippen LogP contribution >= 0.6 is 0 Å². The number of nitrogens with zero attached hydrogens (tertiary/aromatic N) is 4. The number of aliphatic hydroxyl groups excluding tert-OH is 1. The van der Waals surface area contributed by atoms with Crippen molar-refractivity contribution in [3.05, 3.63) is 55.0 Å². The molecule has 0 aromatic carbocycles. The number of hydrogen-bond donors (Lipinski definition) is 1. The largest absolute Gasteiger partial charge is 0.513 e. The highest BCUT2D eigenvalue weighted by atomic mass is 16.3. The minimum absolute atomic E-state index is 0.313. The number of allylic oxidation sites excluding steroid dienone is 3. The molecule has 0 fully saturated rings. The van der Waals surface area contributed by atoms with Crippen LogP contribution in [0.15, 0.2) is 55.0 Å². The highest BCUT2D eigenvalue weighted by Crippen LogP contribution is 2.12. The summed E-state index contributed by atoms with van der Waals surface area (Å²) in [6.45, 7) is 7.86. The van der Waals surface area contributed by atoms with Crippen molar-refractivity contribution in [1.82, 2.24) is 14.9 Å². The Balaban J connectivity index is 0.000000224. The van der Waals surface area contributed by atoms with Gasteiger partial charge in [0.1, 0.15) is 0 Å². The maximum Gasteiger partial charge on any atom is 0.152 e. The average Bonchev–Trinajstić information content (AvgIpc) is 2.76. The molecule has 5 heteroatoms. The van der Waals surface area contributed by atoms with Crippen molar-refractivity contribution in [2.45, 2.75) is 13.8 Å². The zero-order chi connectivity index (χ0) is 14.3. The third-order valence-electron chi connectivity index (χ3n) is 2.18. The molecule has 0 unspecified atom stereocenters. The molecule has 19 heavy (non-hydrogen) atoms. The summed E-state index contributed by atoms with van der Waals surface area (Å²) in [6.07, 6.45) is 10.7. The first-order valence-corrected chi connectivity index (χ1v) is 5.93. The van der Waals surface area contributed by atoms with Crippen LogP contribution in [0.4, 0.5) is 5.82 Å². The molecule has 0 atom stereocenters. The van der Waals surface area contributed by atoms with Crippen LogP contribution in [0.25, 0.3) is 0 Å². The maximum atomic E-state index is 8.52. The van der Waals surface area contributed by atoms with Crippen LogP contribution in [0.5, 0.6) is 0 Å². The summed E-state index contributed by atoms with van der Waals surface area (Å²) in [5.41, 5.74) is 0.875. The first-order chi connectivity index (χ1) is 8.99. The molecule has 0 bridgehead atoms. The molecule has 1 aromatic heterocycles. The Hall–Kier alpha value is -2.30.